The number of hydrogen-bond donors (Lipinski definition) is 1. The lowest BCUT2D eigenvalue weighted by molar-refractivity contribution is 0.102. The van der Waals surface area contributed by atoms with Crippen LogP contribution in [-0.2, 0) is 6.61 Å². The first kappa shape index (κ1) is 15.6. The van der Waals surface area contributed by atoms with Crippen LogP contribution in [0.25, 0.3) is 0 Å². The number of amides is 1. The molecule has 0 saturated heterocycles. The van der Waals surface area contributed by atoms with Gasteiger partial charge in [-0.15, -0.1) is 22.7 Å². The first-order valence-corrected chi connectivity index (χ1v) is 8.73. The molecule has 0 aliphatic carbocycles. The zero-order valence-corrected chi connectivity index (χ0v) is 14.3. The number of thiazole rings is 2. The molecule has 0 unspecified atom stereocenters. The predicted octanol–water partition coefficient (Wildman–Crippen LogP) is 4.05. The van der Waals surface area contributed by atoms with Gasteiger partial charge in [-0.3, -0.25) is 10.1 Å². The van der Waals surface area contributed by atoms with Crippen LogP contribution in [0.4, 0.5) is 5.13 Å². The summed E-state index contributed by atoms with van der Waals surface area (Å²) in [5.74, 6) is 0.534. The molecule has 1 N–H and O–H groups in total. The Labute approximate surface area is 142 Å². The van der Waals surface area contributed by atoms with Crippen LogP contribution in [0.1, 0.15) is 26.8 Å². The molecule has 5 nitrogen and oxygen atoms in total. The van der Waals surface area contributed by atoms with Gasteiger partial charge in [-0.25, -0.2) is 9.97 Å². The Morgan fingerprint density at radius 3 is 2.61 bits per heavy atom. The third kappa shape index (κ3) is 4.14. The molecule has 0 aliphatic heterocycles. The molecule has 7 heteroatoms. The maximum absolute atomic E-state index is 12.1. The van der Waals surface area contributed by atoms with E-state index in [0.717, 1.165) is 16.5 Å². The molecule has 0 fully saturated rings. The Morgan fingerprint density at radius 1 is 1.13 bits per heavy atom. The number of aromatic nitrogens is 2. The highest BCUT2D eigenvalue weighted by atomic mass is 32.1. The largest absolute Gasteiger partial charge is 0.486 e. The molecule has 0 spiro atoms. The van der Waals surface area contributed by atoms with Crippen molar-refractivity contribution in [1.29, 1.82) is 0 Å². The van der Waals surface area contributed by atoms with Gasteiger partial charge in [-0.05, 0) is 26.0 Å². The molecule has 0 radical (unpaired) electrons. The highest BCUT2D eigenvalue weighted by molar-refractivity contribution is 7.14. The second-order valence-corrected chi connectivity index (χ2v) is 6.78. The molecule has 0 aliphatic rings. The van der Waals surface area contributed by atoms with Crippen LogP contribution in [0.15, 0.2) is 35.0 Å². The van der Waals surface area contributed by atoms with Crippen LogP contribution in [0, 0.1) is 13.8 Å². The van der Waals surface area contributed by atoms with E-state index in [1.807, 2.05) is 43.5 Å². The number of carbonyl (C=O) groups is 1. The summed E-state index contributed by atoms with van der Waals surface area (Å²) in [6, 6.07) is 7.82. The molecule has 2 heterocycles. The number of anilines is 1. The van der Waals surface area contributed by atoms with E-state index in [0.29, 0.717) is 17.4 Å². The molecule has 1 aromatic carbocycles. The van der Waals surface area contributed by atoms with Crippen molar-refractivity contribution in [3.05, 3.63) is 57.0 Å². The summed E-state index contributed by atoms with van der Waals surface area (Å²) in [6.07, 6.45) is 0. The zero-order valence-electron chi connectivity index (χ0n) is 12.7. The second-order valence-electron chi connectivity index (χ2n) is 4.98. The van der Waals surface area contributed by atoms with Crippen molar-refractivity contribution in [2.45, 2.75) is 20.5 Å². The molecule has 2 aromatic heterocycles. The summed E-state index contributed by atoms with van der Waals surface area (Å²) in [7, 11) is 0. The fourth-order valence-corrected chi connectivity index (χ4v) is 3.20. The molecular weight excluding hydrogens is 330 g/mol. The number of rotatable bonds is 5. The van der Waals surface area contributed by atoms with Crippen LogP contribution >= 0.6 is 22.7 Å². The highest BCUT2D eigenvalue weighted by Crippen LogP contribution is 2.18. The lowest BCUT2D eigenvalue weighted by Gasteiger charge is -2.03. The van der Waals surface area contributed by atoms with Gasteiger partial charge in [-0.2, -0.15) is 0 Å². The average Bonchev–Trinajstić information content (AvgIpc) is 3.16. The summed E-state index contributed by atoms with van der Waals surface area (Å²) in [5, 5.41) is 7.69. The quantitative estimate of drug-likeness (QED) is 0.758. The van der Waals surface area contributed by atoms with Gasteiger partial charge in [0.05, 0.1) is 5.69 Å². The van der Waals surface area contributed by atoms with E-state index in [1.165, 1.54) is 28.2 Å². The van der Waals surface area contributed by atoms with E-state index in [-0.39, 0.29) is 5.91 Å². The van der Waals surface area contributed by atoms with E-state index in [1.54, 1.807) is 5.38 Å². The monoisotopic (exact) mass is 345 g/mol. The molecule has 0 atom stereocenters. The molecule has 0 saturated carbocycles. The summed E-state index contributed by atoms with van der Waals surface area (Å²) < 4.78 is 5.67. The van der Waals surface area contributed by atoms with E-state index in [4.69, 9.17) is 4.74 Å². The summed E-state index contributed by atoms with van der Waals surface area (Å²) in [5.41, 5.74) is 2.45. The van der Waals surface area contributed by atoms with Crippen molar-refractivity contribution in [3.63, 3.8) is 0 Å². The van der Waals surface area contributed by atoms with E-state index in [2.05, 4.69) is 15.3 Å². The van der Waals surface area contributed by atoms with Gasteiger partial charge < -0.3 is 4.74 Å². The third-order valence-electron chi connectivity index (χ3n) is 3.01. The highest BCUT2D eigenvalue weighted by Gasteiger charge is 2.13. The van der Waals surface area contributed by atoms with Crippen LogP contribution in [-0.4, -0.2) is 15.9 Å². The number of aryl methyl sites for hydroxylation is 2. The van der Waals surface area contributed by atoms with Crippen molar-refractivity contribution in [1.82, 2.24) is 9.97 Å². The topological polar surface area (TPSA) is 64.1 Å². The minimum Gasteiger partial charge on any atom is -0.486 e. The number of nitrogens with one attached hydrogen (secondary N) is 1. The predicted molar refractivity (Wildman–Crippen MR) is 92.4 cm³/mol. The first-order chi connectivity index (χ1) is 11.1. The molecule has 118 valence electrons. The van der Waals surface area contributed by atoms with Gasteiger partial charge in [0.1, 0.15) is 23.1 Å². The number of carbonyl (C=O) groups excluding carboxylic acids is 1. The molecule has 3 aromatic rings. The number of hydrogen-bond acceptors (Lipinski definition) is 6. The number of ether oxygens (including phenoxy) is 1. The Kier molecular flexibility index (Phi) is 4.68. The van der Waals surface area contributed by atoms with Crippen molar-refractivity contribution in [2.24, 2.45) is 0 Å². The number of benzene rings is 1. The molecule has 3 rings (SSSR count). The van der Waals surface area contributed by atoms with Gasteiger partial charge in [0.15, 0.2) is 5.13 Å². The maximum Gasteiger partial charge on any atom is 0.276 e. The summed E-state index contributed by atoms with van der Waals surface area (Å²) in [4.78, 5) is 20.6. The van der Waals surface area contributed by atoms with Crippen molar-refractivity contribution >= 4 is 33.7 Å². The summed E-state index contributed by atoms with van der Waals surface area (Å²) >= 11 is 2.80. The standard InChI is InChI=1S/C16H15N3O2S2/c1-10-3-5-12(6-4-10)21-7-14-18-13(9-22-14)15(20)19-16-17-11(2)8-23-16/h3-6,8-9H,7H2,1-2H3,(H,17,19,20). The van der Waals surface area contributed by atoms with Crippen LogP contribution < -0.4 is 10.1 Å². The molecular formula is C16H15N3O2S2. The van der Waals surface area contributed by atoms with Gasteiger partial charge in [0, 0.05) is 10.8 Å². The number of nitrogens with zero attached hydrogens (tertiary/aromatic N) is 2. The minimum absolute atomic E-state index is 0.253. The van der Waals surface area contributed by atoms with Gasteiger partial charge in [0.2, 0.25) is 0 Å². The van der Waals surface area contributed by atoms with E-state index < -0.39 is 0 Å². The van der Waals surface area contributed by atoms with Crippen LogP contribution in [0.3, 0.4) is 0 Å². The normalized spacial score (nSPS) is 10.5. The van der Waals surface area contributed by atoms with Crippen molar-refractivity contribution < 1.29 is 9.53 Å². The summed E-state index contributed by atoms with van der Waals surface area (Å²) in [6.45, 7) is 4.26. The van der Waals surface area contributed by atoms with Crippen LogP contribution in [0.5, 0.6) is 5.75 Å². The SMILES string of the molecule is Cc1ccc(OCc2nc(C(=O)Nc3nc(C)cs3)cs2)cc1. The average molecular weight is 345 g/mol. The Balaban J connectivity index is 1.59. The second kappa shape index (κ2) is 6.89. The molecule has 23 heavy (non-hydrogen) atoms. The fourth-order valence-electron chi connectivity index (χ4n) is 1.83. The fraction of sp³-hybridized carbons (Fsp3) is 0.188. The van der Waals surface area contributed by atoms with E-state index in [9.17, 15) is 4.79 Å². The maximum atomic E-state index is 12.1. The Morgan fingerprint density at radius 2 is 1.91 bits per heavy atom. The van der Waals surface area contributed by atoms with Gasteiger partial charge in [0.25, 0.3) is 5.91 Å². The van der Waals surface area contributed by atoms with Crippen molar-refractivity contribution in [3.8, 4) is 5.75 Å². The zero-order chi connectivity index (χ0) is 16.2. The smallest absolute Gasteiger partial charge is 0.276 e. The molecule has 1 amide bonds. The lowest BCUT2D eigenvalue weighted by Crippen LogP contribution is -2.12. The third-order valence-corrected chi connectivity index (χ3v) is 4.71. The van der Waals surface area contributed by atoms with Crippen LogP contribution in [0.2, 0.25) is 0 Å². The van der Waals surface area contributed by atoms with Gasteiger partial charge >= 0.3 is 0 Å². The Bertz CT molecular complexity index is 809. The lowest BCUT2D eigenvalue weighted by atomic mass is 10.2. The Hall–Kier alpha value is -2.25. The van der Waals surface area contributed by atoms with Crippen molar-refractivity contribution in [2.75, 3.05) is 5.32 Å². The molecule has 0 bridgehead atoms. The van der Waals surface area contributed by atoms with E-state index >= 15 is 0 Å². The van der Waals surface area contributed by atoms with Gasteiger partial charge in [-0.1, -0.05) is 17.7 Å². The minimum atomic E-state index is -0.253. The first-order valence-electron chi connectivity index (χ1n) is 6.97.